The molecule has 26 heavy (non-hydrogen) atoms. The van der Waals surface area contributed by atoms with Crippen LogP contribution in [0.25, 0.3) is 0 Å². The van der Waals surface area contributed by atoms with Crippen molar-refractivity contribution < 1.29 is 9.53 Å². The Bertz CT molecular complexity index is 734. The summed E-state index contributed by atoms with van der Waals surface area (Å²) in [6.45, 7) is 2.95. The minimum absolute atomic E-state index is 0.00443. The van der Waals surface area contributed by atoms with E-state index >= 15 is 0 Å². The maximum Gasteiger partial charge on any atom is 0.258 e. The highest BCUT2D eigenvalue weighted by Gasteiger charge is 2.21. The molecule has 1 aliphatic heterocycles. The molecule has 1 aliphatic rings. The van der Waals surface area contributed by atoms with Crippen LogP contribution >= 0.6 is 27.5 Å². The Hall–Kier alpha value is -1.56. The second-order valence-electron chi connectivity index (χ2n) is 6.47. The van der Waals surface area contributed by atoms with Crippen molar-refractivity contribution in [1.29, 1.82) is 0 Å². The number of carbonyl (C=O) groups excluding carboxylic acids is 1. The summed E-state index contributed by atoms with van der Waals surface area (Å²) in [6.07, 6.45) is 1.92. The number of likely N-dealkylation sites (tertiary alicyclic amines) is 1. The number of benzene rings is 2. The SMILES string of the molecule is O=C(COc1ccc(Cl)cc1Br)NC1CCN(Cc2ccccc2)CC1. The van der Waals surface area contributed by atoms with Gasteiger partial charge in [-0.15, -0.1) is 0 Å². The summed E-state index contributed by atoms with van der Waals surface area (Å²) in [6, 6.07) is 15.9. The van der Waals surface area contributed by atoms with Gasteiger partial charge >= 0.3 is 0 Å². The number of rotatable bonds is 6. The molecule has 6 heteroatoms. The number of amides is 1. The molecule has 0 radical (unpaired) electrons. The predicted molar refractivity (Wildman–Crippen MR) is 108 cm³/mol. The lowest BCUT2D eigenvalue weighted by atomic mass is 10.0. The molecule has 4 nitrogen and oxygen atoms in total. The van der Waals surface area contributed by atoms with Gasteiger partial charge in [-0.2, -0.15) is 0 Å². The van der Waals surface area contributed by atoms with Crippen LogP contribution in [-0.4, -0.2) is 36.5 Å². The summed E-state index contributed by atoms with van der Waals surface area (Å²) in [5.41, 5.74) is 1.33. The molecule has 138 valence electrons. The van der Waals surface area contributed by atoms with Crippen molar-refractivity contribution in [3.05, 3.63) is 63.6 Å². The average molecular weight is 438 g/mol. The highest BCUT2D eigenvalue weighted by atomic mass is 79.9. The lowest BCUT2D eigenvalue weighted by Crippen LogP contribution is -2.45. The zero-order chi connectivity index (χ0) is 18.4. The highest BCUT2D eigenvalue weighted by molar-refractivity contribution is 9.10. The molecule has 1 amide bonds. The Morgan fingerprint density at radius 1 is 1.19 bits per heavy atom. The molecule has 1 heterocycles. The van der Waals surface area contributed by atoms with Crippen LogP contribution in [0.2, 0.25) is 5.02 Å². The smallest absolute Gasteiger partial charge is 0.258 e. The third-order valence-corrected chi connectivity index (χ3v) is 5.31. The molecular weight excluding hydrogens is 416 g/mol. The van der Waals surface area contributed by atoms with Gasteiger partial charge in [0.2, 0.25) is 0 Å². The third-order valence-electron chi connectivity index (χ3n) is 4.45. The number of halogens is 2. The van der Waals surface area contributed by atoms with E-state index in [1.807, 2.05) is 6.07 Å². The summed E-state index contributed by atoms with van der Waals surface area (Å²) in [5.74, 6) is 0.524. The first-order chi connectivity index (χ1) is 12.6. The van der Waals surface area contributed by atoms with E-state index in [2.05, 4.69) is 50.4 Å². The van der Waals surface area contributed by atoms with Crippen molar-refractivity contribution in [2.24, 2.45) is 0 Å². The standard InChI is InChI=1S/C20H22BrClN2O2/c21-18-12-16(22)6-7-19(18)26-14-20(25)23-17-8-10-24(11-9-17)13-15-4-2-1-3-5-15/h1-7,12,17H,8-11,13-14H2,(H,23,25). The van der Waals surface area contributed by atoms with E-state index in [9.17, 15) is 4.79 Å². The van der Waals surface area contributed by atoms with Crippen LogP contribution < -0.4 is 10.1 Å². The van der Waals surface area contributed by atoms with E-state index in [0.717, 1.165) is 36.9 Å². The molecule has 0 spiro atoms. The molecule has 0 bridgehead atoms. The fourth-order valence-corrected chi connectivity index (χ4v) is 3.88. The lowest BCUT2D eigenvalue weighted by molar-refractivity contribution is -0.124. The number of hydrogen-bond donors (Lipinski definition) is 1. The Morgan fingerprint density at radius 3 is 2.62 bits per heavy atom. The van der Waals surface area contributed by atoms with Crippen LogP contribution in [0.3, 0.4) is 0 Å². The monoisotopic (exact) mass is 436 g/mol. The molecule has 0 unspecified atom stereocenters. The maximum absolute atomic E-state index is 12.1. The quantitative estimate of drug-likeness (QED) is 0.734. The maximum atomic E-state index is 12.1. The molecule has 1 fully saturated rings. The first-order valence-corrected chi connectivity index (χ1v) is 9.91. The summed E-state index contributed by atoms with van der Waals surface area (Å²) in [5, 5.41) is 3.69. The van der Waals surface area contributed by atoms with Gasteiger partial charge in [-0.05, 0) is 52.5 Å². The molecule has 1 N–H and O–H groups in total. The van der Waals surface area contributed by atoms with Crippen molar-refractivity contribution in [2.45, 2.75) is 25.4 Å². The number of hydrogen-bond acceptors (Lipinski definition) is 3. The Morgan fingerprint density at radius 2 is 1.92 bits per heavy atom. The van der Waals surface area contributed by atoms with Crippen LogP contribution in [0.4, 0.5) is 0 Å². The Balaban J connectivity index is 1.39. The van der Waals surface area contributed by atoms with E-state index in [1.54, 1.807) is 18.2 Å². The van der Waals surface area contributed by atoms with E-state index in [0.29, 0.717) is 10.8 Å². The second kappa shape index (κ2) is 9.40. The topological polar surface area (TPSA) is 41.6 Å². The van der Waals surface area contributed by atoms with Crippen LogP contribution in [0.1, 0.15) is 18.4 Å². The molecule has 0 atom stereocenters. The van der Waals surface area contributed by atoms with Crippen molar-refractivity contribution in [3.8, 4) is 5.75 Å². The minimum Gasteiger partial charge on any atom is -0.483 e. The molecule has 0 saturated carbocycles. The van der Waals surface area contributed by atoms with Gasteiger partial charge in [0.15, 0.2) is 6.61 Å². The van der Waals surface area contributed by atoms with Gasteiger partial charge in [0.25, 0.3) is 5.91 Å². The predicted octanol–water partition coefficient (Wildman–Crippen LogP) is 4.26. The molecule has 0 aliphatic carbocycles. The van der Waals surface area contributed by atoms with Gasteiger partial charge in [0, 0.05) is 30.7 Å². The zero-order valence-corrected chi connectivity index (χ0v) is 16.8. The lowest BCUT2D eigenvalue weighted by Gasteiger charge is -2.32. The van der Waals surface area contributed by atoms with Crippen LogP contribution in [-0.2, 0) is 11.3 Å². The van der Waals surface area contributed by atoms with Crippen molar-refractivity contribution >= 4 is 33.4 Å². The molecule has 3 rings (SSSR count). The second-order valence-corrected chi connectivity index (χ2v) is 7.76. The van der Waals surface area contributed by atoms with Crippen LogP contribution in [0.15, 0.2) is 53.0 Å². The number of nitrogens with one attached hydrogen (secondary N) is 1. The fraction of sp³-hybridized carbons (Fsp3) is 0.350. The first kappa shape index (κ1) is 19.2. The average Bonchev–Trinajstić information content (AvgIpc) is 2.63. The fourth-order valence-electron chi connectivity index (χ4n) is 3.08. The Kier molecular flexibility index (Phi) is 6.94. The summed E-state index contributed by atoms with van der Waals surface area (Å²) >= 11 is 9.29. The van der Waals surface area contributed by atoms with Crippen molar-refractivity contribution in [2.75, 3.05) is 19.7 Å². The number of carbonyl (C=O) groups is 1. The van der Waals surface area contributed by atoms with Crippen LogP contribution in [0.5, 0.6) is 5.75 Å². The van der Waals surface area contributed by atoms with Crippen LogP contribution in [0, 0.1) is 0 Å². The number of piperidine rings is 1. The number of nitrogens with zero attached hydrogens (tertiary/aromatic N) is 1. The van der Waals surface area contributed by atoms with Gasteiger partial charge in [-0.25, -0.2) is 0 Å². The summed E-state index contributed by atoms with van der Waals surface area (Å²) in [7, 11) is 0. The van der Waals surface area contributed by atoms with Crippen molar-refractivity contribution in [3.63, 3.8) is 0 Å². The minimum atomic E-state index is -0.0895. The van der Waals surface area contributed by atoms with Gasteiger partial charge in [0.05, 0.1) is 4.47 Å². The number of ether oxygens (including phenoxy) is 1. The largest absolute Gasteiger partial charge is 0.483 e. The van der Waals surface area contributed by atoms with Gasteiger partial charge < -0.3 is 10.1 Å². The first-order valence-electron chi connectivity index (χ1n) is 8.73. The molecule has 1 saturated heterocycles. The molecule has 2 aromatic rings. The summed E-state index contributed by atoms with van der Waals surface area (Å²) < 4.78 is 6.31. The van der Waals surface area contributed by atoms with Gasteiger partial charge in [0.1, 0.15) is 5.75 Å². The molecule has 2 aromatic carbocycles. The zero-order valence-electron chi connectivity index (χ0n) is 14.5. The summed E-state index contributed by atoms with van der Waals surface area (Å²) in [4.78, 5) is 14.6. The van der Waals surface area contributed by atoms with E-state index in [1.165, 1.54) is 5.56 Å². The van der Waals surface area contributed by atoms with E-state index in [4.69, 9.17) is 16.3 Å². The normalized spacial score (nSPS) is 15.6. The van der Waals surface area contributed by atoms with Gasteiger partial charge in [-0.1, -0.05) is 41.9 Å². The third kappa shape index (κ3) is 5.73. The van der Waals surface area contributed by atoms with E-state index < -0.39 is 0 Å². The molecule has 0 aromatic heterocycles. The molecular formula is C20H22BrClN2O2. The highest BCUT2D eigenvalue weighted by Crippen LogP contribution is 2.27. The van der Waals surface area contributed by atoms with Crippen molar-refractivity contribution in [1.82, 2.24) is 10.2 Å². The van der Waals surface area contributed by atoms with Gasteiger partial charge in [-0.3, -0.25) is 9.69 Å². The Labute approximate surface area is 167 Å². The van der Waals surface area contributed by atoms with E-state index in [-0.39, 0.29) is 18.6 Å².